The summed E-state index contributed by atoms with van der Waals surface area (Å²) in [4.78, 5) is 12.3. The van der Waals surface area contributed by atoms with Crippen molar-refractivity contribution in [2.24, 2.45) is 0 Å². The normalized spacial score (nSPS) is 10.8. The average molecular weight is 534 g/mol. The summed E-state index contributed by atoms with van der Waals surface area (Å²) in [5.74, 6) is 1.03. The summed E-state index contributed by atoms with van der Waals surface area (Å²) >= 11 is 8.15. The van der Waals surface area contributed by atoms with Gasteiger partial charge in [-0.05, 0) is 94.7 Å². The van der Waals surface area contributed by atoms with Crippen molar-refractivity contribution >= 4 is 51.9 Å². The third kappa shape index (κ3) is 6.24. The van der Waals surface area contributed by atoms with Crippen LogP contribution in [0.1, 0.15) is 16.7 Å². The number of halogens is 2. The molecule has 0 saturated carbocycles. The Labute approximate surface area is 195 Å². The summed E-state index contributed by atoms with van der Waals surface area (Å²) in [6.07, 6.45) is 3.24. The maximum atomic E-state index is 12.3. The quantitative estimate of drug-likeness (QED) is 0.279. The molecule has 0 bridgehead atoms. The minimum atomic E-state index is -0.193. The second-order valence-corrected chi connectivity index (χ2v) is 8.29. The van der Waals surface area contributed by atoms with Crippen LogP contribution in [0.4, 0.5) is 5.69 Å². The third-order valence-electron chi connectivity index (χ3n) is 4.37. The van der Waals surface area contributed by atoms with Gasteiger partial charge in [-0.15, -0.1) is 0 Å². The van der Waals surface area contributed by atoms with E-state index in [-0.39, 0.29) is 5.91 Å². The van der Waals surface area contributed by atoms with E-state index in [2.05, 4.69) is 27.9 Å². The number of hydrogen-bond donors (Lipinski definition) is 1. The molecule has 3 rings (SSSR count). The lowest BCUT2D eigenvalue weighted by Gasteiger charge is -2.11. The lowest BCUT2D eigenvalue weighted by atomic mass is 10.1. The lowest BCUT2D eigenvalue weighted by Crippen LogP contribution is -2.08. The minimum absolute atomic E-state index is 0.193. The van der Waals surface area contributed by atoms with Gasteiger partial charge in [0.05, 0.1) is 7.11 Å². The number of anilines is 1. The van der Waals surface area contributed by atoms with Gasteiger partial charge in [0.2, 0.25) is 5.91 Å². The van der Waals surface area contributed by atoms with Crippen molar-refractivity contribution in [3.8, 4) is 11.5 Å². The first-order chi connectivity index (χ1) is 14.4. The van der Waals surface area contributed by atoms with Crippen molar-refractivity contribution in [3.63, 3.8) is 0 Å². The maximum absolute atomic E-state index is 12.3. The van der Waals surface area contributed by atoms with Crippen molar-refractivity contribution < 1.29 is 14.3 Å². The van der Waals surface area contributed by atoms with Crippen molar-refractivity contribution in [3.05, 3.63) is 92.0 Å². The summed E-state index contributed by atoms with van der Waals surface area (Å²) in [7, 11) is 1.59. The van der Waals surface area contributed by atoms with Gasteiger partial charge >= 0.3 is 0 Å². The van der Waals surface area contributed by atoms with Crippen LogP contribution in [0.3, 0.4) is 0 Å². The molecular weight excluding hydrogens is 513 g/mol. The fraction of sp³-hybridized carbons (Fsp3) is 0.125. The lowest BCUT2D eigenvalue weighted by molar-refractivity contribution is -0.111. The van der Waals surface area contributed by atoms with Gasteiger partial charge in [0.15, 0.2) is 11.5 Å². The highest BCUT2D eigenvalue weighted by Gasteiger charge is 2.07. The van der Waals surface area contributed by atoms with E-state index in [0.717, 1.165) is 25.9 Å². The molecule has 0 spiro atoms. The largest absolute Gasteiger partial charge is 0.493 e. The number of aryl methyl sites for hydroxylation is 1. The topological polar surface area (TPSA) is 47.6 Å². The Hall–Kier alpha value is -2.51. The average Bonchev–Trinajstić information content (AvgIpc) is 2.74. The molecule has 6 heteroatoms. The Balaban J connectivity index is 1.64. The van der Waals surface area contributed by atoms with E-state index in [1.54, 1.807) is 13.2 Å². The molecule has 0 aliphatic rings. The highest BCUT2D eigenvalue weighted by molar-refractivity contribution is 14.1. The number of amides is 1. The van der Waals surface area contributed by atoms with E-state index in [1.165, 1.54) is 6.08 Å². The van der Waals surface area contributed by atoms with Crippen LogP contribution in [0.15, 0.2) is 66.7 Å². The minimum Gasteiger partial charge on any atom is -0.493 e. The molecule has 0 unspecified atom stereocenters. The van der Waals surface area contributed by atoms with Gasteiger partial charge < -0.3 is 14.8 Å². The van der Waals surface area contributed by atoms with E-state index < -0.39 is 0 Å². The number of carbonyl (C=O) groups excluding carboxylic acids is 1. The van der Waals surface area contributed by atoms with Gasteiger partial charge in [-0.2, -0.15) is 0 Å². The van der Waals surface area contributed by atoms with E-state index >= 15 is 0 Å². The summed E-state index contributed by atoms with van der Waals surface area (Å²) in [5, 5.41) is 3.58. The zero-order valence-corrected chi connectivity index (χ0v) is 19.5. The van der Waals surface area contributed by atoms with Gasteiger partial charge in [-0.3, -0.25) is 4.79 Å². The molecule has 154 valence electrons. The van der Waals surface area contributed by atoms with Crippen LogP contribution in [-0.2, 0) is 11.4 Å². The number of ether oxygens (including phenoxy) is 2. The molecule has 3 aromatic carbocycles. The maximum Gasteiger partial charge on any atom is 0.248 e. The fourth-order valence-corrected chi connectivity index (χ4v) is 3.54. The van der Waals surface area contributed by atoms with Gasteiger partial charge in [-0.1, -0.05) is 29.8 Å². The summed E-state index contributed by atoms with van der Waals surface area (Å²) in [5.41, 5.74) is 3.66. The van der Waals surface area contributed by atoms with E-state index in [1.807, 2.05) is 67.6 Å². The zero-order chi connectivity index (χ0) is 21.5. The molecule has 3 aromatic rings. The van der Waals surface area contributed by atoms with Crippen molar-refractivity contribution in [1.82, 2.24) is 0 Å². The van der Waals surface area contributed by atoms with Crippen LogP contribution in [0.2, 0.25) is 5.02 Å². The number of carbonyl (C=O) groups is 1. The monoisotopic (exact) mass is 533 g/mol. The van der Waals surface area contributed by atoms with Crippen molar-refractivity contribution in [2.75, 3.05) is 12.4 Å². The standard InChI is InChI=1S/C24H21ClINO3/c1-16-13-20(26)9-10-21(16)27-24(28)12-6-17-5-11-22(23(14-17)29-2)30-15-18-3-7-19(25)8-4-18/h3-14H,15H2,1-2H3,(H,27,28)/b12-6+. The second-order valence-electron chi connectivity index (χ2n) is 6.61. The Kier molecular flexibility index (Phi) is 7.76. The highest BCUT2D eigenvalue weighted by atomic mass is 127. The third-order valence-corrected chi connectivity index (χ3v) is 5.29. The first-order valence-electron chi connectivity index (χ1n) is 9.25. The molecule has 1 amide bonds. The van der Waals surface area contributed by atoms with Crippen LogP contribution in [-0.4, -0.2) is 13.0 Å². The predicted octanol–water partition coefficient (Wildman–Crippen LogP) is 6.49. The fourth-order valence-electron chi connectivity index (χ4n) is 2.76. The van der Waals surface area contributed by atoms with E-state index in [4.69, 9.17) is 21.1 Å². The Morgan fingerprint density at radius 3 is 2.53 bits per heavy atom. The van der Waals surface area contributed by atoms with Gasteiger partial charge in [-0.25, -0.2) is 0 Å². The highest BCUT2D eigenvalue weighted by Crippen LogP contribution is 2.29. The molecular formula is C24H21ClINO3. The van der Waals surface area contributed by atoms with E-state index in [0.29, 0.717) is 23.1 Å². The summed E-state index contributed by atoms with van der Waals surface area (Å²) < 4.78 is 12.4. The Bertz CT molecular complexity index is 1060. The molecule has 0 atom stereocenters. The van der Waals surface area contributed by atoms with Crippen LogP contribution >= 0.6 is 34.2 Å². The molecule has 0 aliphatic heterocycles. The van der Waals surface area contributed by atoms with Crippen LogP contribution in [0.5, 0.6) is 11.5 Å². The Morgan fingerprint density at radius 2 is 1.83 bits per heavy atom. The smallest absolute Gasteiger partial charge is 0.248 e. The number of methoxy groups -OCH3 is 1. The molecule has 0 saturated heterocycles. The first kappa shape index (κ1) is 22.2. The number of rotatable bonds is 7. The van der Waals surface area contributed by atoms with Gasteiger partial charge in [0.25, 0.3) is 0 Å². The molecule has 0 aliphatic carbocycles. The molecule has 4 nitrogen and oxygen atoms in total. The van der Waals surface area contributed by atoms with Gasteiger partial charge in [0.1, 0.15) is 6.61 Å². The Morgan fingerprint density at radius 1 is 1.07 bits per heavy atom. The number of nitrogens with one attached hydrogen (secondary N) is 1. The SMILES string of the molecule is COc1cc(/C=C/C(=O)Nc2ccc(I)cc2C)ccc1OCc1ccc(Cl)cc1. The molecule has 0 fully saturated rings. The molecule has 0 heterocycles. The number of benzene rings is 3. The first-order valence-corrected chi connectivity index (χ1v) is 10.7. The molecule has 0 radical (unpaired) electrons. The predicted molar refractivity (Wildman–Crippen MR) is 130 cm³/mol. The molecule has 1 N–H and O–H groups in total. The van der Waals surface area contributed by atoms with Crippen molar-refractivity contribution in [2.45, 2.75) is 13.5 Å². The van der Waals surface area contributed by atoms with Crippen LogP contribution in [0, 0.1) is 10.5 Å². The zero-order valence-electron chi connectivity index (χ0n) is 16.6. The molecule has 30 heavy (non-hydrogen) atoms. The second kappa shape index (κ2) is 10.5. The van der Waals surface area contributed by atoms with Crippen LogP contribution in [0.25, 0.3) is 6.08 Å². The van der Waals surface area contributed by atoms with Crippen LogP contribution < -0.4 is 14.8 Å². The van der Waals surface area contributed by atoms with Crippen molar-refractivity contribution in [1.29, 1.82) is 0 Å². The number of hydrogen-bond acceptors (Lipinski definition) is 3. The van der Waals surface area contributed by atoms with E-state index in [9.17, 15) is 4.79 Å². The molecule has 0 aromatic heterocycles. The summed E-state index contributed by atoms with van der Waals surface area (Å²) in [6.45, 7) is 2.37. The van der Waals surface area contributed by atoms with Gasteiger partial charge in [0, 0.05) is 20.4 Å². The summed E-state index contributed by atoms with van der Waals surface area (Å²) in [6, 6.07) is 18.9.